The zero-order chi connectivity index (χ0) is 23.6. The van der Waals surface area contributed by atoms with Gasteiger partial charge in [0.05, 0.1) is 17.1 Å². The Hall–Kier alpha value is -2.54. The number of nitrogens with one attached hydrogen (secondary N) is 1. The fourth-order valence-electron chi connectivity index (χ4n) is 5.20. The summed E-state index contributed by atoms with van der Waals surface area (Å²) in [5.74, 6) is 0.906. The lowest BCUT2D eigenvalue weighted by Gasteiger charge is -2.40. The summed E-state index contributed by atoms with van der Waals surface area (Å²) in [6.07, 6.45) is 7.89. The minimum atomic E-state index is -0.164. The van der Waals surface area contributed by atoms with Gasteiger partial charge in [0.25, 0.3) is 5.56 Å². The van der Waals surface area contributed by atoms with Crippen LogP contribution in [0, 0.1) is 6.92 Å². The van der Waals surface area contributed by atoms with Crippen molar-refractivity contribution in [2.45, 2.75) is 104 Å². The summed E-state index contributed by atoms with van der Waals surface area (Å²) in [6.45, 7) is 11.4. The number of aryl methyl sites for hydroxylation is 1. The van der Waals surface area contributed by atoms with Crippen LogP contribution in [0.15, 0.2) is 29.1 Å². The van der Waals surface area contributed by atoms with Crippen molar-refractivity contribution in [1.82, 2.24) is 30.1 Å². The Morgan fingerprint density at radius 1 is 1.21 bits per heavy atom. The maximum absolute atomic E-state index is 13.1. The van der Waals surface area contributed by atoms with E-state index in [0.29, 0.717) is 12.6 Å². The van der Waals surface area contributed by atoms with Gasteiger partial charge in [0.2, 0.25) is 0 Å². The van der Waals surface area contributed by atoms with E-state index in [2.05, 4.69) is 71.3 Å². The SMILES string of the molecule is CCC(c1nnnn1C(C)(C)CC)N(Cc1cc2cccc(C)c2[nH]c1=O)C1CCCCC1. The normalized spacial score (nSPS) is 16.5. The molecule has 1 aliphatic carbocycles. The van der Waals surface area contributed by atoms with E-state index in [1.54, 1.807) is 0 Å². The first kappa shape index (κ1) is 23.6. The molecule has 1 fully saturated rings. The number of para-hydroxylation sites is 1. The molecular formula is C26H38N6O. The monoisotopic (exact) mass is 450 g/mol. The third-order valence-electron chi connectivity index (χ3n) is 7.58. The molecule has 0 aliphatic heterocycles. The van der Waals surface area contributed by atoms with Gasteiger partial charge in [-0.25, -0.2) is 4.68 Å². The number of aromatic nitrogens is 5. The van der Waals surface area contributed by atoms with Crippen molar-refractivity contribution in [3.8, 4) is 0 Å². The van der Waals surface area contributed by atoms with E-state index in [0.717, 1.165) is 53.5 Å². The zero-order valence-electron chi connectivity index (χ0n) is 20.8. The third kappa shape index (κ3) is 4.74. The van der Waals surface area contributed by atoms with Crippen molar-refractivity contribution in [3.63, 3.8) is 0 Å². The molecule has 4 rings (SSSR count). The molecule has 7 heteroatoms. The maximum Gasteiger partial charge on any atom is 0.252 e. The number of aromatic amines is 1. The van der Waals surface area contributed by atoms with E-state index in [1.165, 1.54) is 19.3 Å². The molecular weight excluding hydrogens is 412 g/mol. The molecule has 1 aliphatic rings. The highest BCUT2D eigenvalue weighted by molar-refractivity contribution is 5.81. The Morgan fingerprint density at radius 3 is 2.67 bits per heavy atom. The molecule has 0 saturated heterocycles. The Kier molecular flexibility index (Phi) is 6.98. The van der Waals surface area contributed by atoms with Crippen LogP contribution in [-0.2, 0) is 12.1 Å². The number of H-pyrrole nitrogens is 1. The summed E-state index contributed by atoms with van der Waals surface area (Å²) in [4.78, 5) is 18.8. The molecule has 2 heterocycles. The largest absolute Gasteiger partial charge is 0.321 e. The van der Waals surface area contributed by atoms with Gasteiger partial charge in [-0.2, -0.15) is 0 Å². The summed E-state index contributed by atoms with van der Waals surface area (Å²) in [6, 6.07) is 8.72. The lowest BCUT2D eigenvalue weighted by molar-refractivity contribution is 0.0801. The molecule has 0 radical (unpaired) electrons. The molecule has 2 aromatic heterocycles. The molecule has 0 amide bonds. The molecule has 1 aromatic carbocycles. The molecule has 0 bridgehead atoms. The Labute approximate surface area is 196 Å². The highest BCUT2D eigenvalue weighted by Crippen LogP contribution is 2.34. The van der Waals surface area contributed by atoms with Gasteiger partial charge in [-0.15, -0.1) is 5.10 Å². The second kappa shape index (κ2) is 9.75. The number of hydrogen-bond donors (Lipinski definition) is 1. The summed E-state index contributed by atoms with van der Waals surface area (Å²) in [7, 11) is 0. The van der Waals surface area contributed by atoms with Crippen molar-refractivity contribution in [3.05, 3.63) is 51.6 Å². The number of nitrogens with zero attached hydrogens (tertiary/aromatic N) is 5. The van der Waals surface area contributed by atoms with Crippen LogP contribution in [-0.4, -0.2) is 36.1 Å². The van der Waals surface area contributed by atoms with Gasteiger partial charge in [0.15, 0.2) is 5.82 Å². The molecule has 7 nitrogen and oxygen atoms in total. The fourth-order valence-corrected chi connectivity index (χ4v) is 5.20. The highest BCUT2D eigenvalue weighted by atomic mass is 16.1. The number of pyridine rings is 1. The van der Waals surface area contributed by atoms with E-state index in [4.69, 9.17) is 0 Å². The first-order valence-electron chi connectivity index (χ1n) is 12.5. The van der Waals surface area contributed by atoms with Crippen molar-refractivity contribution >= 4 is 10.9 Å². The molecule has 178 valence electrons. The first-order valence-corrected chi connectivity index (χ1v) is 12.5. The van der Waals surface area contributed by atoms with Gasteiger partial charge < -0.3 is 4.98 Å². The molecule has 33 heavy (non-hydrogen) atoms. The fraction of sp³-hybridized carbons (Fsp3) is 0.615. The second-order valence-corrected chi connectivity index (χ2v) is 10.2. The van der Waals surface area contributed by atoms with E-state index in [-0.39, 0.29) is 17.1 Å². The van der Waals surface area contributed by atoms with Crippen LogP contribution in [0.25, 0.3) is 10.9 Å². The van der Waals surface area contributed by atoms with Crippen LogP contribution in [0.2, 0.25) is 0 Å². The summed E-state index contributed by atoms with van der Waals surface area (Å²) in [5.41, 5.74) is 2.67. The highest BCUT2D eigenvalue weighted by Gasteiger charge is 2.34. The molecule has 3 aromatic rings. The standard InChI is InChI=1S/C26H38N6O/c1-6-22(24-28-29-30-32(24)26(4,5)7-2)31(21-14-9-8-10-15-21)17-20-16-19-13-11-12-18(3)23(19)27-25(20)33/h11-13,16,21-22H,6-10,14-15,17H2,1-5H3,(H,27,33). The molecule has 0 spiro atoms. The number of benzene rings is 1. The lowest BCUT2D eigenvalue weighted by Crippen LogP contribution is -2.42. The summed E-state index contributed by atoms with van der Waals surface area (Å²) >= 11 is 0. The minimum absolute atomic E-state index is 0.000873. The first-order chi connectivity index (χ1) is 15.9. The smallest absolute Gasteiger partial charge is 0.252 e. The van der Waals surface area contributed by atoms with Crippen molar-refractivity contribution < 1.29 is 0 Å². The van der Waals surface area contributed by atoms with Gasteiger partial charge in [-0.1, -0.05) is 51.3 Å². The Balaban J connectivity index is 1.76. The van der Waals surface area contributed by atoms with Crippen molar-refractivity contribution in [2.24, 2.45) is 0 Å². The average molecular weight is 451 g/mol. The molecule has 1 atom stereocenters. The van der Waals surface area contributed by atoms with Crippen LogP contribution < -0.4 is 5.56 Å². The number of fused-ring (bicyclic) bond motifs is 1. The van der Waals surface area contributed by atoms with Crippen LogP contribution in [0.4, 0.5) is 0 Å². The van der Waals surface area contributed by atoms with E-state index < -0.39 is 0 Å². The van der Waals surface area contributed by atoms with E-state index >= 15 is 0 Å². The average Bonchev–Trinajstić information content (AvgIpc) is 3.31. The maximum atomic E-state index is 13.1. The molecule has 1 N–H and O–H groups in total. The van der Waals surface area contributed by atoms with Crippen molar-refractivity contribution in [2.75, 3.05) is 0 Å². The molecule has 1 unspecified atom stereocenters. The van der Waals surface area contributed by atoms with Gasteiger partial charge in [-0.3, -0.25) is 9.69 Å². The van der Waals surface area contributed by atoms with Gasteiger partial charge in [0, 0.05) is 18.2 Å². The van der Waals surface area contributed by atoms with E-state index in [1.807, 2.05) is 17.7 Å². The van der Waals surface area contributed by atoms with Crippen LogP contribution in [0.5, 0.6) is 0 Å². The Morgan fingerprint density at radius 2 is 1.97 bits per heavy atom. The number of hydrogen-bond acceptors (Lipinski definition) is 5. The quantitative estimate of drug-likeness (QED) is 0.507. The van der Waals surface area contributed by atoms with Crippen LogP contribution >= 0.6 is 0 Å². The second-order valence-electron chi connectivity index (χ2n) is 10.2. The van der Waals surface area contributed by atoms with Crippen molar-refractivity contribution in [1.29, 1.82) is 0 Å². The van der Waals surface area contributed by atoms with E-state index in [9.17, 15) is 4.79 Å². The predicted octanol–water partition coefficient (Wildman–Crippen LogP) is 5.25. The van der Waals surface area contributed by atoms with Gasteiger partial charge in [-0.05, 0) is 73.9 Å². The van der Waals surface area contributed by atoms with Crippen LogP contribution in [0.1, 0.15) is 95.6 Å². The summed E-state index contributed by atoms with van der Waals surface area (Å²) < 4.78 is 2.00. The Bertz CT molecular complexity index is 1140. The number of rotatable bonds is 8. The minimum Gasteiger partial charge on any atom is -0.321 e. The third-order valence-corrected chi connectivity index (χ3v) is 7.58. The predicted molar refractivity (Wildman–Crippen MR) is 132 cm³/mol. The zero-order valence-corrected chi connectivity index (χ0v) is 20.8. The molecule has 1 saturated carbocycles. The number of tetrazole rings is 1. The van der Waals surface area contributed by atoms with Gasteiger partial charge >= 0.3 is 0 Å². The van der Waals surface area contributed by atoms with Crippen LogP contribution in [0.3, 0.4) is 0 Å². The lowest BCUT2D eigenvalue weighted by atomic mass is 9.91. The topological polar surface area (TPSA) is 79.7 Å². The van der Waals surface area contributed by atoms with Gasteiger partial charge in [0.1, 0.15) is 0 Å². The summed E-state index contributed by atoms with van der Waals surface area (Å²) in [5, 5.41) is 14.1.